The number of benzene rings is 2. The molecule has 0 N–H and O–H groups in total. The summed E-state index contributed by atoms with van der Waals surface area (Å²) in [6, 6.07) is 11.4. The number of aryl methyl sites for hydroxylation is 1. The molecule has 1 unspecified atom stereocenters. The SMILES string of the molecule is Cc1c(C2CN(C(=O)c3cnn(-c4ccc(F)cc4F)c3)Cc3ccccc32)cnn1C. The fourth-order valence-electron chi connectivity index (χ4n) is 4.30. The van der Waals surface area contributed by atoms with Crippen molar-refractivity contribution < 1.29 is 13.6 Å². The molecule has 3 heterocycles. The number of fused-ring (bicyclic) bond motifs is 1. The summed E-state index contributed by atoms with van der Waals surface area (Å²) in [5.74, 6) is -1.61. The van der Waals surface area contributed by atoms with Crippen molar-refractivity contribution in [3.63, 3.8) is 0 Å². The zero-order chi connectivity index (χ0) is 22.4. The molecule has 0 bridgehead atoms. The number of hydrogen-bond acceptors (Lipinski definition) is 3. The lowest BCUT2D eigenvalue weighted by molar-refractivity contribution is 0.0725. The Labute approximate surface area is 183 Å². The first-order chi connectivity index (χ1) is 15.4. The van der Waals surface area contributed by atoms with Crippen molar-refractivity contribution in [2.75, 3.05) is 6.54 Å². The lowest BCUT2D eigenvalue weighted by atomic mass is 9.84. The summed E-state index contributed by atoms with van der Waals surface area (Å²) in [6.45, 7) is 2.99. The minimum absolute atomic E-state index is 0.00203. The zero-order valence-electron chi connectivity index (χ0n) is 17.7. The lowest BCUT2D eigenvalue weighted by Crippen LogP contribution is -2.38. The molecule has 1 aliphatic heterocycles. The molecule has 8 heteroatoms. The number of hydrogen-bond donors (Lipinski definition) is 0. The largest absolute Gasteiger partial charge is 0.333 e. The molecule has 2 aromatic heterocycles. The Morgan fingerprint density at radius 3 is 2.62 bits per heavy atom. The maximum Gasteiger partial charge on any atom is 0.257 e. The van der Waals surface area contributed by atoms with Crippen LogP contribution in [-0.4, -0.2) is 36.9 Å². The van der Waals surface area contributed by atoms with E-state index in [2.05, 4.69) is 16.3 Å². The van der Waals surface area contributed by atoms with E-state index in [4.69, 9.17) is 0 Å². The highest BCUT2D eigenvalue weighted by molar-refractivity contribution is 5.94. The highest BCUT2D eigenvalue weighted by atomic mass is 19.1. The van der Waals surface area contributed by atoms with Crippen molar-refractivity contribution in [2.45, 2.75) is 19.4 Å². The third kappa shape index (κ3) is 3.37. The number of amides is 1. The summed E-state index contributed by atoms with van der Waals surface area (Å²) in [4.78, 5) is 15.1. The molecular weight excluding hydrogens is 412 g/mol. The Bertz CT molecular complexity index is 1330. The third-order valence-corrected chi connectivity index (χ3v) is 6.12. The zero-order valence-corrected chi connectivity index (χ0v) is 17.7. The van der Waals surface area contributed by atoms with Crippen LogP contribution in [0.5, 0.6) is 0 Å². The van der Waals surface area contributed by atoms with E-state index in [0.717, 1.165) is 29.0 Å². The Hall–Kier alpha value is -3.81. The Balaban J connectivity index is 1.47. The van der Waals surface area contributed by atoms with Crippen LogP contribution in [0.2, 0.25) is 0 Å². The Morgan fingerprint density at radius 1 is 1.06 bits per heavy atom. The first-order valence-electron chi connectivity index (χ1n) is 10.3. The van der Waals surface area contributed by atoms with Gasteiger partial charge >= 0.3 is 0 Å². The number of carbonyl (C=O) groups is 1. The predicted octanol–water partition coefficient (Wildman–Crippen LogP) is 3.98. The minimum atomic E-state index is -0.744. The van der Waals surface area contributed by atoms with Gasteiger partial charge in [-0.2, -0.15) is 10.2 Å². The van der Waals surface area contributed by atoms with Gasteiger partial charge in [-0.1, -0.05) is 24.3 Å². The second-order valence-electron chi connectivity index (χ2n) is 8.02. The molecule has 1 amide bonds. The van der Waals surface area contributed by atoms with E-state index in [1.54, 1.807) is 4.90 Å². The summed E-state index contributed by atoms with van der Waals surface area (Å²) < 4.78 is 30.5. The van der Waals surface area contributed by atoms with Crippen LogP contribution in [0.15, 0.2) is 61.1 Å². The van der Waals surface area contributed by atoms with E-state index < -0.39 is 11.6 Å². The molecule has 0 spiro atoms. The van der Waals surface area contributed by atoms with Gasteiger partial charge in [0.1, 0.15) is 11.5 Å². The van der Waals surface area contributed by atoms with Gasteiger partial charge in [0.05, 0.1) is 18.0 Å². The average Bonchev–Trinajstić information content (AvgIpc) is 3.40. The molecule has 0 radical (unpaired) electrons. The van der Waals surface area contributed by atoms with Gasteiger partial charge in [-0.05, 0) is 30.2 Å². The maximum absolute atomic E-state index is 14.1. The van der Waals surface area contributed by atoms with Crippen molar-refractivity contribution in [3.8, 4) is 5.69 Å². The fraction of sp³-hybridized carbons (Fsp3) is 0.208. The first-order valence-corrected chi connectivity index (χ1v) is 10.3. The molecule has 6 nitrogen and oxygen atoms in total. The van der Waals surface area contributed by atoms with Crippen molar-refractivity contribution in [1.29, 1.82) is 0 Å². The van der Waals surface area contributed by atoms with Gasteiger partial charge < -0.3 is 4.90 Å². The van der Waals surface area contributed by atoms with Crippen LogP contribution in [0.3, 0.4) is 0 Å². The third-order valence-electron chi connectivity index (χ3n) is 6.12. The van der Waals surface area contributed by atoms with Crippen LogP contribution in [-0.2, 0) is 13.6 Å². The predicted molar refractivity (Wildman–Crippen MR) is 114 cm³/mol. The smallest absolute Gasteiger partial charge is 0.257 e. The van der Waals surface area contributed by atoms with Crippen LogP contribution >= 0.6 is 0 Å². The maximum atomic E-state index is 14.1. The number of halogens is 2. The van der Waals surface area contributed by atoms with Crippen LogP contribution in [0, 0.1) is 18.6 Å². The quantitative estimate of drug-likeness (QED) is 0.491. The summed E-state index contributed by atoms with van der Waals surface area (Å²) in [5, 5.41) is 8.51. The summed E-state index contributed by atoms with van der Waals surface area (Å²) in [6.07, 6.45) is 4.75. The van der Waals surface area contributed by atoms with Gasteiger partial charge in [0.2, 0.25) is 0 Å². The van der Waals surface area contributed by atoms with Crippen LogP contribution < -0.4 is 0 Å². The molecule has 1 aliphatic rings. The van der Waals surface area contributed by atoms with Crippen LogP contribution in [0.25, 0.3) is 5.69 Å². The van der Waals surface area contributed by atoms with Gasteiger partial charge in [0.25, 0.3) is 5.91 Å². The minimum Gasteiger partial charge on any atom is -0.333 e. The molecule has 2 aromatic carbocycles. The summed E-state index contributed by atoms with van der Waals surface area (Å²) >= 11 is 0. The van der Waals surface area contributed by atoms with E-state index >= 15 is 0 Å². The molecule has 162 valence electrons. The molecule has 0 fully saturated rings. The van der Waals surface area contributed by atoms with E-state index in [-0.39, 0.29) is 17.5 Å². The average molecular weight is 433 g/mol. The van der Waals surface area contributed by atoms with Crippen molar-refractivity contribution in [1.82, 2.24) is 24.5 Å². The standard InChI is InChI=1S/C24H21F2N5O/c1-15-20(11-27-29(15)2)21-14-30(12-16-5-3-4-6-19(16)21)24(32)17-10-28-31(13-17)23-8-7-18(25)9-22(23)26/h3-11,13,21H,12,14H2,1-2H3. The molecule has 4 aromatic rings. The van der Waals surface area contributed by atoms with Gasteiger partial charge in [-0.15, -0.1) is 0 Å². The normalized spacial score (nSPS) is 15.6. The van der Waals surface area contributed by atoms with E-state index in [0.29, 0.717) is 18.7 Å². The van der Waals surface area contributed by atoms with Crippen molar-refractivity contribution in [3.05, 3.63) is 101 Å². The summed E-state index contributed by atoms with van der Waals surface area (Å²) in [7, 11) is 1.90. The van der Waals surface area contributed by atoms with Gasteiger partial charge in [0.15, 0.2) is 5.82 Å². The topological polar surface area (TPSA) is 56.0 Å². The van der Waals surface area contributed by atoms with Gasteiger partial charge in [-0.25, -0.2) is 13.5 Å². The number of rotatable bonds is 3. The van der Waals surface area contributed by atoms with E-state index in [1.807, 2.05) is 43.0 Å². The second-order valence-corrected chi connectivity index (χ2v) is 8.02. The molecule has 0 saturated carbocycles. The molecule has 32 heavy (non-hydrogen) atoms. The Kier molecular flexibility index (Phi) is 4.84. The highest BCUT2D eigenvalue weighted by Crippen LogP contribution is 2.35. The molecule has 0 saturated heterocycles. The van der Waals surface area contributed by atoms with Gasteiger partial charge in [-0.3, -0.25) is 9.48 Å². The van der Waals surface area contributed by atoms with E-state index in [1.165, 1.54) is 28.7 Å². The number of carbonyl (C=O) groups excluding carboxylic acids is 1. The van der Waals surface area contributed by atoms with Crippen LogP contribution in [0.4, 0.5) is 8.78 Å². The molecule has 5 rings (SSSR count). The molecule has 0 aliphatic carbocycles. The fourth-order valence-corrected chi connectivity index (χ4v) is 4.30. The van der Waals surface area contributed by atoms with Crippen molar-refractivity contribution in [2.24, 2.45) is 7.05 Å². The number of aromatic nitrogens is 4. The highest BCUT2D eigenvalue weighted by Gasteiger charge is 2.31. The summed E-state index contributed by atoms with van der Waals surface area (Å²) in [5.41, 5.74) is 4.84. The monoisotopic (exact) mass is 433 g/mol. The molecular formula is C24H21F2N5O. The van der Waals surface area contributed by atoms with E-state index in [9.17, 15) is 13.6 Å². The van der Waals surface area contributed by atoms with Crippen molar-refractivity contribution >= 4 is 5.91 Å². The first kappa shape index (κ1) is 20.1. The van der Waals surface area contributed by atoms with Gasteiger partial charge in [0, 0.05) is 49.6 Å². The molecule has 1 atom stereocenters. The lowest BCUT2D eigenvalue weighted by Gasteiger charge is -2.34. The number of nitrogens with zero attached hydrogens (tertiary/aromatic N) is 5. The Morgan fingerprint density at radius 2 is 1.88 bits per heavy atom. The second kappa shape index (κ2) is 7.71. The van der Waals surface area contributed by atoms with Crippen LogP contribution in [0.1, 0.15) is 38.7 Å².